The van der Waals surface area contributed by atoms with E-state index < -0.39 is 0 Å². The number of aromatic nitrogens is 1. The molecule has 0 saturated carbocycles. The molecule has 1 amide bonds. The molecule has 0 spiro atoms. The first kappa shape index (κ1) is 18.5. The van der Waals surface area contributed by atoms with Crippen LogP contribution in [0.1, 0.15) is 63.1 Å². The molecule has 0 aliphatic carbocycles. The number of unbranched alkanes of at least 4 members (excludes halogenated alkanes) is 3. The average Bonchev–Trinajstić information content (AvgIpc) is 3.04. The standard InChI is InChI=1S/C23H32N2O2/c1-2-3-4-7-14-24(18-26)16-13-23-12-8-15-25-21-10-6-5-9-19(21)20(22(23)25)11-17-27-23/h5-6,9-10,18H,2-4,7-8,11-17H2,1H3. The summed E-state index contributed by atoms with van der Waals surface area (Å²) in [6.45, 7) is 5.75. The van der Waals surface area contributed by atoms with Crippen molar-refractivity contribution in [3.8, 4) is 0 Å². The smallest absolute Gasteiger partial charge is 0.209 e. The lowest BCUT2D eigenvalue weighted by atomic mass is 9.82. The Hall–Kier alpha value is -1.81. The number of hydrogen-bond acceptors (Lipinski definition) is 2. The van der Waals surface area contributed by atoms with Crippen molar-refractivity contribution >= 4 is 17.3 Å². The lowest BCUT2D eigenvalue weighted by Gasteiger charge is -2.43. The summed E-state index contributed by atoms with van der Waals surface area (Å²) in [6.07, 6.45) is 9.94. The zero-order valence-electron chi connectivity index (χ0n) is 16.6. The van der Waals surface area contributed by atoms with E-state index in [4.69, 9.17) is 4.74 Å². The average molecular weight is 369 g/mol. The molecule has 0 fully saturated rings. The molecule has 2 aromatic rings. The maximum absolute atomic E-state index is 11.6. The molecule has 4 nitrogen and oxygen atoms in total. The maximum atomic E-state index is 11.6. The number of carbonyl (C=O) groups excluding carboxylic acids is 1. The Balaban J connectivity index is 1.56. The largest absolute Gasteiger partial charge is 0.368 e. The molecule has 1 atom stereocenters. The molecule has 27 heavy (non-hydrogen) atoms. The van der Waals surface area contributed by atoms with Crippen LogP contribution in [-0.4, -0.2) is 35.6 Å². The van der Waals surface area contributed by atoms with Crippen molar-refractivity contribution in [1.29, 1.82) is 0 Å². The Labute approximate surface area is 162 Å². The molecular formula is C23H32N2O2. The molecule has 2 aliphatic rings. The van der Waals surface area contributed by atoms with Gasteiger partial charge in [0.15, 0.2) is 0 Å². The Morgan fingerprint density at radius 2 is 2.11 bits per heavy atom. The molecule has 0 bridgehead atoms. The van der Waals surface area contributed by atoms with Gasteiger partial charge in [0.2, 0.25) is 6.41 Å². The number of nitrogens with zero attached hydrogens (tertiary/aromatic N) is 2. The highest BCUT2D eigenvalue weighted by Gasteiger charge is 2.43. The van der Waals surface area contributed by atoms with E-state index in [9.17, 15) is 4.79 Å². The molecule has 3 heterocycles. The Morgan fingerprint density at radius 3 is 2.96 bits per heavy atom. The third-order valence-corrected chi connectivity index (χ3v) is 6.45. The molecule has 0 N–H and O–H groups in total. The van der Waals surface area contributed by atoms with Crippen LogP contribution in [0.25, 0.3) is 10.9 Å². The molecule has 0 radical (unpaired) electrons. The predicted octanol–water partition coefficient (Wildman–Crippen LogP) is 4.63. The molecule has 1 aromatic heterocycles. The topological polar surface area (TPSA) is 34.5 Å². The van der Waals surface area contributed by atoms with Gasteiger partial charge in [-0.1, -0.05) is 44.4 Å². The minimum atomic E-state index is -0.213. The second-order valence-electron chi connectivity index (χ2n) is 8.14. The first-order valence-corrected chi connectivity index (χ1v) is 10.7. The molecular weight excluding hydrogens is 336 g/mol. The van der Waals surface area contributed by atoms with Crippen molar-refractivity contribution in [2.75, 3.05) is 19.7 Å². The summed E-state index contributed by atoms with van der Waals surface area (Å²) in [7, 11) is 0. The maximum Gasteiger partial charge on any atom is 0.209 e. The van der Waals surface area contributed by atoms with Crippen molar-refractivity contribution in [2.24, 2.45) is 0 Å². The van der Waals surface area contributed by atoms with Gasteiger partial charge in [0.1, 0.15) is 5.60 Å². The molecule has 2 aliphatic heterocycles. The van der Waals surface area contributed by atoms with Gasteiger partial charge in [0.25, 0.3) is 0 Å². The quantitative estimate of drug-likeness (QED) is 0.478. The van der Waals surface area contributed by atoms with Crippen LogP contribution in [0.15, 0.2) is 24.3 Å². The minimum absolute atomic E-state index is 0.213. The van der Waals surface area contributed by atoms with Crippen LogP contribution < -0.4 is 0 Å². The number of carbonyl (C=O) groups is 1. The van der Waals surface area contributed by atoms with Crippen LogP contribution in [0.4, 0.5) is 0 Å². The molecule has 1 unspecified atom stereocenters. The Kier molecular flexibility index (Phi) is 5.53. The highest BCUT2D eigenvalue weighted by atomic mass is 16.5. The predicted molar refractivity (Wildman–Crippen MR) is 109 cm³/mol. The van der Waals surface area contributed by atoms with Gasteiger partial charge in [-0.3, -0.25) is 4.79 Å². The van der Waals surface area contributed by atoms with Crippen LogP contribution in [0, 0.1) is 0 Å². The molecule has 146 valence electrons. The fourth-order valence-corrected chi connectivity index (χ4v) is 5.11. The number of ether oxygens (including phenoxy) is 1. The first-order valence-electron chi connectivity index (χ1n) is 10.7. The van der Waals surface area contributed by atoms with Crippen molar-refractivity contribution in [3.63, 3.8) is 0 Å². The summed E-state index contributed by atoms with van der Waals surface area (Å²) in [5.74, 6) is 0. The third kappa shape index (κ3) is 3.40. The summed E-state index contributed by atoms with van der Waals surface area (Å²) in [5, 5.41) is 1.40. The fourth-order valence-electron chi connectivity index (χ4n) is 5.11. The van der Waals surface area contributed by atoms with Crippen molar-refractivity contribution < 1.29 is 9.53 Å². The van der Waals surface area contributed by atoms with Gasteiger partial charge in [-0.25, -0.2) is 0 Å². The number of aryl methyl sites for hydroxylation is 1. The SMILES string of the molecule is CCCCCCN(C=O)CCC12CCCn3c1c(c1ccccc13)CCO2. The zero-order valence-corrected chi connectivity index (χ0v) is 16.6. The van der Waals surface area contributed by atoms with Gasteiger partial charge in [0.05, 0.1) is 12.3 Å². The van der Waals surface area contributed by atoms with Crippen LogP contribution >= 0.6 is 0 Å². The van der Waals surface area contributed by atoms with Gasteiger partial charge < -0.3 is 14.2 Å². The lowest BCUT2D eigenvalue weighted by Crippen LogP contribution is -2.43. The normalized spacial score (nSPS) is 21.2. The summed E-state index contributed by atoms with van der Waals surface area (Å²) in [5.41, 5.74) is 4.02. The number of hydrogen-bond donors (Lipinski definition) is 0. The van der Waals surface area contributed by atoms with Crippen molar-refractivity contribution in [2.45, 2.75) is 70.4 Å². The second-order valence-corrected chi connectivity index (χ2v) is 8.14. The van der Waals surface area contributed by atoms with Crippen LogP contribution in [0.3, 0.4) is 0 Å². The number of fused-ring (bicyclic) bond motifs is 3. The second kappa shape index (κ2) is 8.05. The van der Waals surface area contributed by atoms with Gasteiger partial charge in [0, 0.05) is 30.5 Å². The third-order valence-electron chi connectivity index (χ3n) is 6.45. The first-order chi connectivity index (χ1) is 13.3. The van der Waals surface area contributed by atoms with E-state index in [1.807, 2.05) is 4.90 Å². The van der Waals surface area contributed by atoms with Gasteiger partial charge in [-0.05, 0) is 43.7 Å². The van der Waals surface area contributed by atoms with Crippen molar-refractivity contribution in [3.05, 3.63) is 35.5 Å². The Bertz CT molecular complexity index is 748. The number of rotatable bonds is 9. The molecule has 4 rings (SSSR count). The summed E-state index contributed by atoms with van der Waals surface area (Å²) < 4.78 is 8.98. The van der Waals surface area contributed by atoms with Crippen LogP contribution in [0.2, 0.25) is 0 Å². The Morgan fingerprint density at radius 1 is 1.22 bits per heavy atom. The van der Waals surface area contributed by atoms with Gasteiger partial charge >= 0.3 is 0 Å². The van der Waals surface area contributed by atoms with E-state index >= 15 is 0 Å². The molecule has 1 aromatic carbocycles. The molecule has 4 heteroatoms. The number of para-hydroxylation sites is 1. The number of amides is 1. The lowest BCUT2D eigenvalue weighted by molar-refractivity contribution is -0.121. The van der Waals surface area contributed by atoms with Crippen LogP contribution in [-0.2, 0) is 28.1 Å². The van der Waals surface area contributed by atoms with E-state index in [-0.39, 0.29) is 5.60 Å². The van der Waals surface area contributed by atoms with E-state index in [1.54, 1.807) is 0 Å². The minimum Gasteiger partial charge on any atom is -0.368 e. The van der Waals surface area contributed by atoms with Gasteiger partial charge in [-0.15, -0.1) is 0 Å². The number of benzene rings is 1. The monoisotopic (exact) mass is 368 g/mol. The van der Waals surface area contributed by atoms with E-state index in [0.717, 1.165) is 64.8 Å². The van der Waals surface area contributed by atoms with E-state index in [0.29, 0.717) is 0 Å². The van der Waals surface area contributed by atoms with E-state index in [2.05, 4.69) is 35.8 Å². The zero-order chi connectivity index (χ0) is 18.7. The highest BCUT2D eigenvalue weighted by Crippen LogP contribution is 2.46. The van der Waals surface area contributed by atoms with Crippen molar-refractivity contribution in [1.82, 2.24) is 9.47 Å². The van der Waals surface area contributed by atoms with Gasteiger partial charge in [-0.2, -0.15) is 0 Å². The van der Waals surface area contributed by atoms with E-state index in [1.165, 1.54) is 41.4 Å². The molecule has 0 saturated heterocycles. The van der Waals surface area contributed by atoms with Crippen LogP contribution in [0.5, 0.6) is 0 Å². The highest BCUT2D eigenvalue weighted by molar-refractivity contribution is 5.86. The summed E-state index contributed by atoms with van der Waals surface area (Å²) in [4.78, 5) is 13.5. The summed E-state index contributed by atoms with van der Waals surface area (Å²) >= 11 is 0. The fraction of sp³-hybridized carbons (Fsp3) is 0.609. The summed E-state index contributed by atoms with van der Waals surface area (Å²) in [6, 6.07) is 8.79.